The molecule has 0 atom stereocenters. The first-order valence-corrected chi connectivity index (χ1v) is 5.32. The molecule has 4 heteroatoms. The van der Waals surface area contributed by atoms with Crippen LogP contribution in [0.15, 0.2) is 30.6 Å². The second-order valence-electron chi connectivity index (χ2n) is 3.98. The zero-order valence-corrected chi connectivity index (χ0v) is 9.40. The first-order valence-electron chi connectivity index (χ1n) is 5.32. The monoisotopic (exact) mass is 217 g/mol. The van der Waals surface area contributed by atoms with Crippen LogP contribution in [0.25, 0.3) is 0 Å². The number of nitrogens with zero attached hydrogens (tertiary/aromatic N) is 1. The van der Waals surface area contributed by atoms with E-state index in [1.54, 1.807) is 0 Å². The number of rotatable bonds is 3. The minimum absolute atomic E-state index is 0.715. The van der Waals surface area contributed by atoms with E-state index < -0.39 is 0 Å². The summed E-state index contributed by atoms with van der Waals surface area (Å²) in [5.74, 6) is 1.19. The molecule has 1 heterocycles. The van der Waals surface area contributed by atoms with Crippen molar-refractivity contribution in [1.29, 1.82) is 0 Å². The minimum Gasteiger partial charge on any atom is -0.399 e. The normalized spacial score (nSPS) is 10.6. The molecule has 1 aromatic carbocycles. The molecule has 0 spiro atoms. The van der Waals surface area contributed by atoms with E-state index in [0.29, 0.717) is 5.69 Å². The van der Waals surface area contributed by atoms with Gasteiger partial charge in [0, 0.05) is 11.4 Å². The summed E-state index contributed by atoms with van der Waals surface area (Å²) in [4.78, 5) is 3.20. The van der Waals surface area contributed by atoms with E-state index in [2.05, 4.69) is 9.55 Å². The predicted molar refractivity (Wildman–Crippen MR) is 64.6 cm³/mol. The molecule has 0 aliphatic heterocycles. The highest BCUT2D eigenvalue weighted by atomic mass is 15.0. The lowest BCUT2D eigenvalue weighted by atomic mass is 10.1. The molecule has 0 amide bonds. The molecule has 0 saturated carbocycles. The molecule has 0 saturated heterocycles. The van der Waals surface area contributed by atoms with Gasteiger partial charge in [0.15, 0.2) is 0 Å². The summed E-state index contributed by atoms with van der Waals surface area (Å²) in [6, 6.07) is 5.69. The van der Waals surface area contributed by atoms with Crippen LogP contribution in [0.5, 0.6) is 0 Å². The van der Waals surface area contributed by atoms with Crippen molar-refractivity contribution in [3.05, 3.63) is 42.0 Å². The fourth-order valence-electron chi connectivity index (χ4n) is 1.78. The van der Waals surface area contributed by atoms with Crippen LogP contribution in [0.3, 0.4) is 0 Å². The van der Waals surface area contributed by atoms with Crippen molar-refractivity contribution >= 4 is 11.4 Å². The molecule has 2 aromatic rings. The number of hydrogen-bond acceptors (Lipinski definition) is 2. The number of aryl methyl sites for hydroxylation is 3. The zero-order chi connectivity index (χ0) is 11.5. The van der Waals surface area contributed by atoms with Crippen LogP contribution < -0.4 is 16.0 Å². The van der Waals surface area contributed by atoms with Crippen molar-refractivity contribution in [1.82, 2.24) is 4.98 Å². The van der Waals surface area contributed by atoms with Crippen LogP contribution in [0.1, 0.15) is 11.4 Å². The highest BCUT2D eigenvalue weighted by molar-refractivity contribution is 5.56. The molecule has 0 aliphatic rings. The Bertz CT molecular complexity index is 488. The number of H-pyrrole nitrogens is 1. The number of nitrogen functional groups attached to an aromatic ring is 2. The Hall–Kier alpha value is -1.97. The Labute approximate surface area is 94.9 Å². The molecule has 0 unspecified atom stereocenters. The molecule has 0 fully saturated rings. The summed E-state index contributed by atoms with van der Waals surface area (Å²) in [5.41, 5.74) is 14.2. The Balaban J connectivity index is 2.08. The lowest BCUT2D eigenvalue weighted by Gasteiger charge is -2.04. The van der Waals surface area contributed by atoms with E-state index in [9.17, 15) is 0 Å². The molecule has 0 radical (unpaired) electrons. The standard InChI is InChI=1S/C12H16N4/c1-16-7-6-15-12(16)5-3-9-2-4-10(13)8-11(9)14/h2,4,6-8H,3,5,13-14H2,1H3/p+1. The summed E-state index contributed by atoms with van der Waals surface area (Å²) >= 11 is 0. The first-order chi connectivity index (χ1) is 7.66. The van der Waals surface area contributed by atoms with Crippen molar-refractivity contribution in [3.8, 4) is 0 Å². The Morgan fingerprint density at radius 3 is 2.69 bits per heavy atom. The van der Waals surface area contributed by atoms with Gasteiger partial charge in [-0.3, -0.25) is 0 Å². The second kappa shape index (κ2) is 4.26. The molecule has 84 valence electrons. The lowest BCUT2D eigenvalue weighted by molar-refractivity contribution is -0.677. The van der Waals surface area contributed by atoms with Gasteiger partial charge in [0.05, 0.1) is 13.5 Å². The van der Waals surface area contributed by atoms with Gasteiger partial charge in [-0.2, -0.15) is 0 Å². The second-order valence-corrected chi connectivity index (χ2v) is 3.98. The third-order valence-electron chi connectivity index (χ3n) is 2.77. The van der Waals surface area contributed by atoms with Gasteiger partial charge in [0.25, 0.3) is 5.82 Å². The molecule has 4 nitrogen and oxygen atoms in total. The van der Waals surface area contributed by atoms with Crippen LogP contribution in [-0.4, -0.2) is 4.98 Å². The number of anilines is 2. The highest BCUT2D eigenvalue weighted by Crippen LogP contribution is 2.16. The third kappa shape index (κ3) is 2.16. The zero-order valence-electron chi connectivity index (χ0n) is 9.40. The largest absolute Gasteiger partial charge is 0.399 e. The third-order valence-corrected chi connectivity index (χ3v) is 2.77. The highest BCUT2D eigenvalue weighted by Gasteiger charge is 2.08. The minimum atomic E-state index is 0.715. The maximum Gasteiger partial charge on any atom is 0.254 e. The van der Waals surface area contributed by atoms with E-state index >= 15 is 0 Å². The topological polar surface area (TPSA) is 71.7 Å². The van der Waals surface area contributed by atoms with Crippen molar-refractivity contribution in [3.63, 3.8) is 0 Å². The van der Waals surface area contributed by atoms with Crippen molar-refractivity contribution in [2.75, 3.05) is 11.5 Å². The molecular formula is C12H17N4+. The Kier molecular flexibility index (Phi) is 2.81. The smallest absolute Gasteiger partial charge is 0.254 e. The fourth-order valence-corrected chi connectivity index (χ4v) is 1.78. The SMILES string of the molecule is C[n+]1cc[nH]c1CCc1ccc(N)cc1N. The van der Waals surface area contributed by atoms with E-state index in [-0.39, 0.29) is 0 Å². The van der Waals surface area contributed by atoms with Crippen LogP contribution in [0.2, 0.25) is 0 Å². The van der Waals surface area contributed by atoms with E-state index in [1.807, 2.05) is 37.6 Å². The van der Waals surface area contributed by atoms with Gasteiger partial charge in [-0.15, -0.1) is 0 Å². The molecule has 16 heavy (non-hydrogen) atoms. The van der Waals surface area contributed by atoms with E-state index in [4.69, 9.17) is 11.5 Å². The molecule has 1 aromatic heterocycles. The summed E-state index contributed by atoms with van der Waals surface area (Å²) in [6.45, 7) is 0. The fraction of sp³-hybridized carbons (Fsp3) is 0.250. The number of imidazole rings is 1. The maximum atomic E-state index is 5.90. The first kappa shape index (κ1) is 10.5. The van der Waals surface area contributed by atoms with Gasteiger partial charge >= 0.3 is 0 Å². The number of aromatic amines is 1. The predicted octanol–water partition coefficient (Wildman–Crippen LogP) is 0.789. The molecular weight excluding hydrogens is 200 g/mol. The van der Waals surface area contributed by atoms with Gasteiger partial charge in [-0.25, -0.2) is 9.55 Å². The van der Waals surface area contributed by atoms with Gasteiger partial charge in [0.1, 0.15) is 12.4 Å². The molecule has 5 N–H and O–H groups in total. The van der Waals surface area contributed by atoms with Gasteiger partial charge in [-0.05, 0) is 24.1 Å². The van der Waals surface area contributed by atoms with E-state index in [1.165, 1.54) is 5.82 Å². The van der Waals surface area contributed by atoms with Crippen LogP contribution >= 0.6 is 0 Å². The van der Waals surface area contributed by atoms with Crippen molar-refractivity contribution in [2.45, 2.75) is 12.8 Å². The molecule has 0 aliphatic carbocycles. The summed E-state index contributed by atoms with van der Waals surface area (Å²) in [7, 11) is 2.03. The molecule has 0 bridgehead atoms. The Morgan fingerprint density at radius 1 is 1.25 bits per heavy atom. The van der Waals surface area contributed by atoms with Crippen LogP contribution in [-0.2, 0) is 19.9 Å². The number of benzene rings is 1. The number of nitrogens with two attached hydrogens (primary N) is 2. The summed E-state index contributed by atoms with van der Waals surface area (Å²) < 4.78 is 2.08. The van der Waals surface area contributed by atoms with E-state index in [0.717, 1.165) is 24.1 Å². The van der Waals surface area contributed by atoms with Gasteiger partial charge in [0.2, 0.25) is 0 Å². The average Bonchev–Trinajstić information content (AvgIpc) is 2.63. The number of aromatic nitrogens is 2. The van der Waals surface area contributed by atoms with Crippen LogP contribution in [0.4, 0.5) is 11.4 Å². The summed E-state index contributed by atoms with van der Waals surface area (Å²) in [5, 5.41) is 0. The van der Waals surface area contributed by atoms with Crippen molar-refractivity contribution < 1.29 is 4.57 Å². The Morgan fingerprint density at radius 2 is 2.06 bits per heavy atom. The van der Waals surface area contributed by atoms with Crippen LogP contribution in [0, 0.1) is 0 Å². The van der Waals surface area contributed by atoms with Gasteiger partial charge in [-0.1, -0.05) is 6.07 Å². The number of nitrogens with one attached hydrogen (secondary N) is 1. The van der Waals surface area contributed by atoms with Crippen molar-refractivity contribution in [2.24, 2.45) is 7.05 Å². The summed E-state index contributed by atoms with van der Waals surface area (Å²) in [6.07, 6.45) is 5.79. The quantitative estimate of drug-likeness (QED) is 0.525. The average molecular weight is 217 g/mol. The molecule has 2 rings (SSSR count). The van der Waals surface area contributed by atoms with Gasteiger partial charge < -0.3 is 11.5 Å². The maximum absolute atomic E-state index is 5.90. The number of hydrogen-bond donors (Lipinski definition) is 3. The lowest BCUT2D eigenvalue weighted by Crippen LogP contribution is -2.30.